The van der Waals surface area contributed by atoms with Crippen molar-refractivity contribution in [2.45, 2.75) is 13.5 Å². The highest BCUT2D eigenvalue weighted by Crippen LogP contribution is 2.14. The van der Waals surface area contributed by atoms with Gasteiger partial charge in [0, 0.05) is 32.0 Å². The normalized spacial score (nSPS) is 10.9. The largest absolute Gasteiger partial charge is 0.316 e. The van der Waals surface area contributed by atoms with Gasteiger partial charge in [-0.05, 0) is 25.2 Å². The Morgan fingerprint density at radius 2 is 2.33 bits per heavy atom. The maximum atomic E-state index is 6.02. The van der Waals surface area contributed by atoms with Gasteiger partial charge in [0.15, 0.2) is 0 Å². The fourth-order valence-corrected chi connectivity index (χ4v) is 1.53. The van der Waals surface area contributed by atoms with Crippen molar-refractivity contribution in [3.63, 3.8) is 0 Å². The summed E-state index contributed by atoms with van der Waals surface area (Å²) in [5, 5.41) is 4.04. The molecule has 1 heterocycles. The third-order valence-corrected chi connectivity index (χ3v) is 2.56. The molecule has 15 heavy (non-hydrogen) atoms. The Balaban J connectivity index is 2.37. The Morgan fingerprint density at radius 1 is 1.53 bits per heavy atom. The van der Waals surface area contributed by atoms with Gasteiger partial charge >= 0.3 is 0 Å². The van der Waals surface area contributed by atoms with E-state index in [1.165, 1.54) is 0 Å². The van der Waals surface area contributed by atoms with Crippen LogP contribution in [0.15, 0.2) is 18.5 Å². The Hall–Kier alpha value is -0.640. The quantitative estimate of drug-likeness (QED) is 0.751. The molecule has 1 aromatic rings. The van der Waals surface area contributed by atoms with Gasteiger partial charge in [-0.15, -0.1) is 0 Å². The first-order chi connectivity index (χ1) is 7.24. The third kappa shape index (κ3) is 4.60. The summed E-state index contributed by atoms with van der Waals surface area (Å²) < 4.78 is 0. The molecule has 84 valence electrons. The summed E-state index contributed by atoms with van der Waals surface area (Å²) >= 11 is 6.02. The summed E-state index contributed by atoms with van der Waals surface area (Å²) in [4.78, 5) is 6.20. The second-order valence-corrected chi connectivity index (χ2v) is 3.97. The zero-order valence-corrected chi connectivity index (χ0v) is 10.1. The van der Waals surface area contributed by atoms with Gasteiger partial charge in [-0.25, -0.2) is 0 Å². The first-order valence-electron chi connectivity index (χ1n) is 5.21. The lowest BCUT2D eigenvalue weighted by molar-refractivity contribution is 0.325. The smallest absolute Gasteiger partial charge is 0.0634 e. The standard InChI is InChI=1S/C11H18ClN3/c1-3-13-6-7-15(2)9-10-4-5-14-8-11(10)12/h4-5,8,13H,3,6-7,9H2,1-2H3. The lowest BCUT2D eigenvalue weighted by Crippen LogP contribution is -2.28. The number of hydrogen-bond donors (Lipinski definition) is 1. The van der Waals surface area contributed by atoms with Gasteiger partial charge in [-0.3, -0.25) is 4.98 Å². The molecule has 4 heteroatoms. The molecular formula is C11H18ClN3. The summed E-state index contributed by atoms with van der Waals surface area (Å²) in [6.45, 7) is 6.03. The highest BCUT2D eigenvalue weighted by molar-refractivity contribution is 6.31. The molecule has 0 saturated carbocycles. The molecule has 0 unspecified atom stereocenters. The lowest BCUT2D eigenvalue weighted by atomic mass is 10.2. The van der Waals surface area contributed by atoms with E-state index < -0.39 is 0 Å². The molecule has 0 bridgehead atoms. The van der Waals surface area contributed by atoms with Gasteiger partial charge in [-0.1, -0.05) is 18.5 Å². The third-order valence-electron chi connectivity index (χ3n) is 2.22. The van der Waals surface area contributed by atoms with Gasteiger partial charge in [0.1, 0.15) is 0 Å². The van der Waals surface area contributed by atoms with Crippen LogP contribution < -0.4 is 5.32 Å². The van der Waals surface area contributed by atoms with Crippen molar-refractivity contribution in [1.29, 1.82) is 0 Å². The number of nitrogens with one attached hydrogen (secondary N) is 1. The van der Waals surface area contributed by atoms with Crippen LogP contribution in [0.2, 0.25) is 5.02 Å². The highest BCUT2D eigenvalue weighted by atomic mass is 35.5. The monoisotopic (exact) mass is 227 g/mol. The molecule has 0 radical (unpaired) electrons. The Labute approximate surface area is 96.5 Å². The number of nitrogens with zero attached hydrogens (tertiary/aromatic N) is 2. The van der Waals surface area contributed by atoms with Gasteiger partial charge in [-0.2, -0.15) is 0 Å². The minimum Gasteiger partial charge on any atom is -0.316 e. The van der Waals surface area contributed by atoms with Crippen LogP contribution in [0, 0.1) is 0 Å². The predicted octanol–water partition coefficient (Wildman–Crippen LogP) is 1.78. The van der Waals surface area contributed by atoms with Crippen molar-refractivity contribution in [1.82, 2.24) is 15.2 Å². The predicted molar refractivity (Wildman–Crippen MR) is 64.1 cm³/mol. The number of rotatable bonds is 6. The molecule has 0 fully saturated rings. The van der Waals surface area contributed by atoms with E-state index in [1.807, 2.05) is 6.07 Å². The van der Waals surface area contributed by atoms with E-state index in [2.05, 4.69) is 29.2 Å². The SMILES string of the molecule is CCNCCN(C)Cc1ccncc1Cl. The van der Waals surface area contributed by atoms with Crippen molar-refractivity contribution in [3.8, 4) is 0 Å². The van der Waals surface area contributed by atoms with Crippen molar-refractivity contribution < 1.29 is 0 Å². The molecule has 0 aliphatic heterocycles. The Bertz CT molecular complexity index is 291. The van der Waals surface area contributed by atoms with Crippen LogP contribution >= 0.6 is 11.6 Å². The fraction of sp³-hybridized carbons (Fsp3) is 0.545. The van der Waals surface area contributed by atoms with Gasteiger partial charge in [0.05, 0.1) is 5.02 Å². The second kappa shape index (κ2) is 6.77. The van der Waals surface area contributed by atoms with E-state index in [1.54, 1.807) is 12.4 Å². The van der Waals surface area contributed by atoms with Crippen LogP contribution in [0.4, 0.5) is 0 Å². The van der Waals surface area contributed by atoms with Gasteiger partial charge in [0.25, 0.3) is 0 Å². The van der Waals surface area contributed by atoms with Gasteiger partial charge in [0.2, 0.25) is 0 Å². The van der Waals surface area contributed by atoms with Crippen LogP contribution in [-0.4, -0.2) is 36.6 Å². The van der Waals surface area contributed by atoms with E-state index in [4.69, 9.17) is 11.6 Å². The van der Waals surface area contributed by atoms with Crippen LogP contribution in [-0.2, 0) is 6.54 Å². The highest BCUT2D eigenvalue weighted by Gasteiger charge is 2.03. The zero-order valence-electron chi connectivity index (χ0n) is 9.33. The Morgan fingerprint density at radius 3 is 3.00 bits per heavy atom. The average Bonchev–Trinajstić information content (AvgIpc) is 2.22. The average molecular weight is 228 g/mol. The Kier molecular flexibility index (Phi) is 5.61. The fourth-order valence-electron chi connectivity index (χ4n) is 1.35. The van der Waals surface area contributed by atoms with Crippen LogP contribution in [0.5, 0.6) is 0 Å². The van der Waals surface area contributed by atoms with Crippen molar-refractivity contribution in [2.24, 2.45) is 0 Å². The lowest BCUT2D eigenvalue weighted by Gasteiger charge is -2.17. The van der Waals surface area contributed by atoms with Crippen molar-refractivity contribution in [2.75, 3.05) is 26.7 Å². The second-order valence-electron chi connectivity index (χ2n) is 3.56. The summed E-state index contributed by atoms with van der Waals surface area (Å²) in [6.07, 6.45) is 3.47. The molecule has 1 rings (SSSR count). The van der Waals surface area contributed by atoms with Crippen LogP contribution in [0.3, 0.4) is 0 Å². The van der Waals surface area contributed by atoms with Crippen LogP contribution in [0.25, 0.3) is 0 Å². The first kappa shape index (κ1) is 12.4. The summed E-state index contributed by atoms with van der Waals surface area (Å²) in [5.74, 6) is 0. The number of hydrogen-bond acceptors (Lipinski definition) is 3. The number of likely N-dealkylation sites (N-methyl/N-ethyl adjacent to an activating group) is 2. The minimum atomic E-state index is 0.743. The van der Waals surface area contributed by atoms with Crippen molar-refractivity contribution in [3.05, 3.63) is 29.0 Å². The molecule has 0 saturated heterocycles. The molecule has 0 aliphatic carbocycles. The van der Waals surface area contributed by atoms with E-state index >= 15 is 0 Å². The number of aromatic nitrogens is 1. The van der Waals surface area contributed by atoms with E-state index in [-0.39, 0.29) is 0 Å². The maximum Gasteiger partial charge on any atom is 0.0634 e. The topological polar surface area (TPSA) is 28.2 Å². The molecule has 0 atom stereocenters. The zero-order chi connectivity index (χ0) is 11.1. The van der Waals surface area contributed by atoms with E-state index in [0.29, 0.717) is 0 Å². The van der Waals surface area contributed by atoms with E-state index in [9.17, 15) is 0 Å². The number of halogens is 1. The summed E-state index contributed by atoms with van der Waals surface area (Å²) in [7, 11) is 2.09. The molecule has 1 aromatic heterocycles. The minimum absolute atomic E-state index is 0.743. The maximum absolute atomic E-state index is 6.02. The molecular weight excluding hydrogens is 210 g/mol. The molecule has 1 N–H and O–H groups in total. The summed E-state index contributed by atoms with van der Waals surface area (Å²) in [6, 6.07) is 1.96. The molecule has 0 aliphatic rings. The van der Waals surface area contributed by atoms with Crippen LogP contribution in [0.1, 0.15) is 12.5 Å². The van der Waals surface area contributed by atoms with Gasteiger partial charge < -0.3 is 10.2 Å². The molecule has 0 spiro atoms. The molecule has 0 amide bonds. The molecule has 0 aromatic carbocycles. The summed E-state index contributed by atoms with van der Waals surface area (Å²) in [5.41, 5.74) is 1.13. The molecule has 3 nitrogen and oxygen atoms in total. The number of pyridine rings is 1. The first-order valence-corrected chi connectivity index (χ1v) is 5.59. The van der Waals surface area contributed by atoms with Crippen molar-refractivity contribution >= 4 is 11.6 Å². The van der Waals surface area contributed by atoms with E-state index in [0.717, 1.165) is 36.8 Å².